The molecule has 0 spiro atoms. The number of esters is 1. The van der Waals surface area contributed by atoms with Gasteiger partial charge in [0.25, 0.3) is 0 Å². The predicted molar refractivity (Wildman–Crippen MR) is 112 cm³/mol. The summed E-state index contributed by atoms with van der Waals surface area (Å²) in [4.78, 5) is 50.1. The van der Waals surface area contributed by atoms with Crippen LogP contribution in [-0.4, -0.2) is 60.7 Å². The smallest absolute Gasteiger partial charge is 0.425 e. The Morgan fingerprint density at radius 2 is 1.74 bits per heavy atom. The fraction of sp³-hybridized carbons (Fsp3) is 0.524. The van der Waals surface area contributed by atoms with Gasteiger partial charge in [0.1, 0.15) is 0 Å². The van der Waals surface area contributed by atoms with Gasteiger partial charge in [-0.25, -0.2) is 15.2 Å². The van der Waals surface area contributed by atoms with E-state index in [9.17, 15) is 19.2 Å². The molecule has 2 bridgehead atoms. The lowest BCUT2D eigenvalue weighted by Gasteiger charge is -2.33. The summed E-state index contributed by atoms with van der Waals surface area (Å²) in [5.41, 5.74) is 2.81. The average Bonchev–Trinajstić information content (AvgIpc) is 3.37. The van der Waals surface area contributed by atoms with Crippen molar-refractivity contribution in [2.75, 3.05) is 13.7 Å². The first-order valence-corrected chi connectivity index (χ1v) is 10.8. The number of hydrogen-bond donors (Lipinski definition) is 1. The number of benzene rings is 1. The Bertz CT molecular complexity index is 858. The Balaban J connectivity index is 1.70. The van der Waals surface area contributed by atoms with Gasteiger partial charge in [0, 0.05) is 16.1 Å². The maximum Gasteiger partial charge on any atom is 0.425 e. The molecule has 0 saturated carbocycles. The SMILES string of the molecule is COC(=O)NN(C(=O)C1C2CCC(O2)[C@@H]1C(=O)OCC(=O)c1ccc(Br)cc1)C(C)C. The molecule has 0 aromatic heterocycles. The van der Waals surface area contributed by atoms with E-state index < -0.39 is 48.6 Å². The average molecular weight is 497 g/mol. The number of Topliss-reactive ketones (excluding diaryl/α,β-unsaturated/α-hetero) is 1. The minimum absolute atomic E-state index is 0.344. The summed E-state index contributed by atoms with van der Waals surface area (Å²) < 4.78 is 16.5. The number of carbonyl (C=O) groups is 4. The van der Waals surface area contributed by atoms with Crippen LogP contribution in [-0.2, 0) is 23.8 Å². The van der Waals surface area contributed by atoms with Crippen LogP contribution < -0.4 is 5.43 Å². The fourth-order valence-corrected chi connectivity index (χ4v) is 4.25. The zero-order valence-electron chi connectivity index (χ0n) is 17.5. The zero-order chi connectivity index (χ0) is 22.7. The molecule has 10 heteroatoms. The number of rotatable bonds is 6. The van der Waals surface area contributed by atoms with Gasteiger partial charge in [-0.2, -0.15) is 0 Å². The minimum Gasteiger partial charge on any atom is -0.457 e. The van der Waals surface area contributed by atoms with Crippen LogP contribution in [0.1, 0.15) is 37.0 Å². The third kappa shape index (κ3) is 5.07. The number of halogens is 1. The number of carbonyl (C=O) groups excluding carboxylic acids is 4. The van der Waals surface area contributed by atoms with Crippen LogP contribution >= 0.6 is 15.9 Å². The van der Waals surface area contributed by atoms with E-state index >= 15 is 0 Å². The molecule has 3 rings (SSSR count). The van der Waals surface area contributed by atoms with Crippen LogP contribution in [0.4, 0.5) is 4.79 Å². The highest BCUT2D eigenvalue weighted by Gasteiger charge is 2.57. The van der Waals surface area contributed by atoms with Crippen molar-refractivity contribution in [1.29, 1.82) is 0 Å². The molecule has 1 aromatic carbocycles. The molecular formula is C21H25BrN2O7. The summed E-state index contributed by atoms with van der Waals surface area (Å²) in [6.45, 7) is 3.03. The summed E-state index contributed by atoms with van der Waals surface area (Å²) in [7, 11) is 1.20. The molecule has 0 radical (unpaired) electrons. The molecule has 31 heavy (non-hydrogen) atoms. The molecule has 1 aromatic rings. The van der Waals surface area contributed by atoms with Crippen LogP contribution in [0.5, 0.6) is 0 Å². The van der Waals surface area contributed by atoms with Crippen LogP contribution in [0.3, 0.4) is 0 Å². The molecule has 2 saturated heterocycles. The lowest BCUT2D eigenvalue weighted by atomic mass is 9.78. The molecule has 1 N–H and O–H groups in total. The number of hydrogen-bond acceptors (Lipinski definition) is 7. The highest BCUT2D eigenvalue weighted by molar-refractivity contribution is 9.10. The second-order valence-electron chi connectivity index (χ2n) is 7.79. The van der Waals surface area contributed by atoms with Crippen LogP contribution in [0.25, 0.3) is 0 Å². The fourth-order valence-electron chi connectivity index (χ4n) is 3.99. The van der Waals surface area contributed by atoms with Gasteiger partial charge < -0.3 is 14.2 Å². The molecule has 3 unspecified atom stereocenters. The Labute approximate surface area is 188 Å². The first-order valence-electron chi connectivity index (χ1n) is 10.0. The Morgan fingerprint density at radius 1 is 1.13 bits per heavy atom. The molecule has 0 aliphatic carbocycles. The van der Waals surface area contributed by atoms with E-state index in [2.05, 4.69) is 26.1 Å². The highest BCUT2D eigenvalue weighted by Crippen LogP contribution is 2.45. The number of methoxy groups -OCH3 is 1. The molecule has 2 fully saturated rings. The van der Waals surface area contributed by atoms with Crippen LogP contribution in [0.2, 0.25) is 0 Å². The van der Waals surface area contributed by atoms with Gasteiger partial charge in [0.2, 0.25) is 5.91 Å². The van der Waals surface area contributed by atoms with Crippen molar-refractivity contribution < 1.29 is 33.4 Å². The van der Waals surface area contributed by atoms with Gasteiger partial charge in [0.15, 0.2) is 12.4 Å². The summed E-state index contributed by atoms with van der Waals surface area (Å²) in [5.74, 6) is -3.10. The summed E-state index contributed by atoms with van der Waals surface area (Å²) in [5, 5.41) is 1.15. The number of nitrogens with one attached hydrogen (secondary N) is 1. The Kier molecular flexibility index (Phi) is 7.32. The van der Waals surface area contributed by atoms with Crippen LogP contribution in [0.15, 0.2) is 28.7 Å². The lowest BCUT2D eigenvalue weighted by molar-refractivity contribution is -0.156. The maximum absolute atomic E-state index is 13.2. The van der Waals surface area contributed by atoms with Gasteiger partial charge in [-0.1, -0.05) is 28.1 Å². The van der Waals surface area contributed by atoms with E-state index in [1.807, 2.05) is 0 Å². The number of fused-ring (bicyclic) bond motifs is 2. The number of ether oxygens (including phenoxy) is 3. The monoisotopic (exact) mass is 496 g/mol. The van der Waals surface area contributed by atoms with Gasteiger partial charge in [0.05, 0.1) is 31.2 Å². The molecule has 2 heterocycles. The van der Waals surface area contributed by atoms with Crippen molar-refractivity contribution in [1.82, 2.24) is 10.4 Å². The van der Waals surface area contributed by atoms with Crippen molar-refractivity contribution in [2.24, 2.45) is 11.8 Å². The van der Waals surface area contributed by atoms with E-state index in [4.69, 9.17) is 9.47 Å². The number of amides is 2. The van der Waals surface area contributed by atoms with Crippen molar-refractivity contribution in [3.8, 4) is 0 Å². The van der Waals surface area contributed by atoms with Crippen molar-refractivity contribution in [3.63, 3.8) is 0 Å². The van der Waals surface area contributed by atoms with E-state index in [0.717, 1.165) is 9.48 Å². The van der Waals surface area contributed by atoms with E-state index in [0.29, 0.717) is 18.4 Å². The van der Waals surface area contributed by atoms with E-state index in [1.54, 1.807) is 38.1 Å². The summed E-state index contributed by atoms with van der Waals surface area (Å²) in [6, 6.07) is 6.34. The molecule has 2 amide bonds. The number of hydrazine groups is 1. The van der Waals surface area contributed by atoms with Crippen LogP contribution in [0, 0.1) is 11.8 Å². The largest absolute Gasteiger partial charge is 0.457 e. The van der Waals surface area contributed by atoms with E-state index in [-0.39, 0.29) is 11.8 Å². The highest BCUT2D eigenvalue weighted by atomic mass is 79.9. The molecular weight excluding hydrogens is 472 g/mol. The molecule has 4 atom stereocenters. The van der Waals surface area contributed by atoms with E-state index in [1.165, 1.54) is 7.11 Å². The normalized spacial score (nSPS) is 24.0. The van der Waals surface area contributed by atoms with Crippen molar-refractivity contribution >= 4 is 39.7 Å². The van der Waals surface area contributed by atoms with Gasteiger partial charge in [-0.3, -0.25) is 14.4 Å². The second-order valence-corrected chi connectivity index (χ2v) is 8.70. The lowest BCUT2D eigenvalue weighted by Crippen LogP contribution is -2.55. The van der Waals surface area contributed by atoms with Gasteiger partial charge in [-0.15, -0.1) is 0 Å². The molecule has 9 nitrogen and oxygen atoms in total. The third-order valence-electron chi connectivity index (χ3n) is 5.49. The number of ketones is 1. The maximum atomic E-state index is 13.2. The van der Waals surface area contributed by atoms with Crippen molar-refractivity contribution in [2.45, 2.75) is 44.9 Å². The quantitative estimate of drug-likeness (QED) is 0.365. The van der Waals surface area contributed by atoms with Gasteiger partial charge in [-0.05, 0) is 38.8 Å². The predicted octanol–water partition coefficient (Wildman–Crippen LogP) is 2.48. The topological polar surface area (TPSA) is 111 Å². The zero-order valence-corrected chi connectivity index (χ0v) is 19.1. The Hall–Kier alpha value is -2.46. The first-order chi connectivity index (χ1) is 14.7. The molecule has 2 aliphatic heterocycles. The summed E-state index contributed by atoms with van der Waals surface area (Å²) in [6.07, 6.45) is -0.432. The van der Waals surface area contributed by atoms with Gasteiger partial charge >= 0.3 is 12.1 Å². The first kappa shape index (κ1) is 23.2. The minimum atomic E-state index is -0.843. The summed E-state index contributed by atoms with van der Waals surface area (Å²) >= 11 is 3.30. The third-order valence-corrected chi connectivity index (χ3v) is 6.02. The molecule has 168 valence electrons. The van der Waals surface area contributed by atoms with Crippen molar-refractivity contribution in [3.05, 3.63) is 34.3 Å². The Morgan fingerprint density at radius 3 is 2.32 bits per heavy atom. The molecule has 2 aliphatic rings. The second kappa shape index (κ2) is 9.78. The number of nitrogens with zero attached hydrogens (tertiary/aromatic N) is 1. The standard InChI is InChI=1S/C21H25BrN2O7/c1-11(2)24(23-21(28)29-3)19(26)17-15-8-9-16(31-15)18(17)20(27)30-10-14(25)12-4-6-13(22)7-5-12/h4-7,11,15-18H,8-10H2,1-3H3,(H,23,28)/t15?,16?,17?,18-/m0/s1.